The summed E-state index contributed by atoms with van der Waals surface area (Å²) in [6.45, 7) is 6.81. The lowest BCUT2D eigenvalue weighted by atomic mass is 10.1. The zero-order chi connectivity index (χ0) is 14.0. The molecule has 0 bridgehead atoms. The molecule has 1 aromatic rings. The van der Waals surface area contributed by atoms with E-state index in [4.69, 9.17) is 0 Å². The predicted molar refractivity (Wildman–Crippen MR) is 72.3 cm³/mol. The van der Waals surface area contributed by atoms with Crippen LogP contribution in [0.3, 0.4) is 0 Å². The van der Waals surface area contributed by atoms with Crippen LogP contribution < -0.4 is 10.9 Å². The number of carbonyl (C=O) groups excluding carboxylic acids is 1. The summed E-state index contributed by atoms with van der Waals surface area (Å²) >= 11 is 0. The molecule has 0 aliphatic carbocycles. The molecule has 0 saturated carbocycles. The molecular formula is C13H20N4O2. The van der Waals surface area contributed by atoms with Crippen molar-refractivity contribution in [2.75, 3.05) is 26.2 Å². The summed E-state index contributed by atoms with van der Waals surface area (Å²) in [4.78, 5) is 26.2. The number of hydrogen-bond acceptors (Lipinski definition) is 4. The molecule has 1 saturated heterocycles. The van der Waals surface area contributed by atoms with Gasteiger partial charge in [0.25, 0.3) is 11.5 Å². The van der Waals surface area contributed by atoms with Gasteiger partial charge in [0.1, 0.15) is 5.56 Å². The summed E-state index contributed by atoms with van der Waals surface area (Å²) in [5.41, 5.74) is 0.664. The van der Waals surface area contributed by atoms with Crippen LogP contribution in [-0.2, 0) is 7.05 Å². The molecule has 0 radical (unpaired) electrons. The van der Waals surface area contributed by atoms with Gasteiger partial charge < -0.3 is 10.2 Å². The van der Waals surface area contributed by atoms with Crippen LogP contribution in [0, 0.1) is 0 Å². The number of aromatic nitrogens is 2. The Bertz CT molecular complexity index is 530. The minimum absolute atomic E-state index is 0.182. The van der Waals surface area contributed by atoms with E-state index in [1.807, 2.05) is 13.8 Å². The Morgan fingerprint density at radius 3 is 2.58 bits per heavy atom. The second kappa shape index (κ2) is 5.52. The van der Waals surface area contributed by atoms with Gasteiger partial charge in [-0.2, -0.15) is 5.10 Å². The van der Waals surface area contributed by atoms with E-state index in [-0.39, 0.29) is 22.9 Å². The first-order chi connectivity index (χ1) is 9.00. The number of nitrogens with zero attached hydrogens (tertiary/aromatic N) is 3. The van der Waals surface area contributed by atoms with E-state index < -0.39 is 0 Å². The standard InChI is InChI=1S/C13H20N4O2/c1-9(2)11-8-10(12(18)16(3)15-11)13(19)17-6-4-14-5-7-17/h8-9,14H,4-7H2,1-3H3. The van der Waals surface area contributed by atoms with Crippen molar-refractivity contribution in [1.29, 1.82) is 0 Å². The molecule has 1 N–H and O–H groups in total. The molecule has 6 nitrogen and oxygen atoms in total. The van der Waals surface area contributed by atoms with Crippen molar-refractivity contribution < 1.29 is 4.79 Å². The second-order valence-corrected chi connectivity index (χ2v) is 5.11. The van der Waals surface area contributed by atoms with Gasteiger partial charge in [0.05, 0.1) is 5.69 Å². The van der Waals surface area contributed by atoms with Crippen molar-refractivity contribution in [2.45, 2.75) is 19.8 Å². The lowest BCUT2D eigenvalue weighted by Crippen LogP contribution is -2.48. The summed E-state index contributed by atoms with van der Waals surface area (Å²) in [5.74, 6) is -0.00669. The van der Waals surface area contributed by atoms with E-state index in [1.165, 1.54) is 4.68 Å². The quantitative estimate of drug-likeness (QED) is 0.813. The Labute approximate surface area is 112 Å². The van der Waals surface area contributed by atoms with Gasteiger partial charge in [-0.25, -0.2) is 4.68 Å². The Hall–Kier alpha value is -1.69. The minimum atomic E-state index is -0.326. The number of amides is 1. The third-order valence-corrected chi connectivity index (χ3v) is 3.31. The SMILES string of the molecule is CC(C)c1cc(C(=O)N2CCNCC2)c(=O)n(C)n1. The largest absolute Gasteiger partial charge is 0.336 e. The van der Waals surface area contributed by atoms with Crippen LogP contribution in [0.1, 0.15) is 35.8 Å². The van der Waals surface area contributed by atoms with Crippen molar-refractivity contribution in [3.8, 4) is 0 Å². The van der Waals surface area contributed by atoms with E-state index in [0.29, 0.717) is 13.1 Å². The van der Waals surface area contributed by atoms with Crippen LogP contribution in [0.5, 0.6) is 0 Å². The van der Waals surface area contributed by atoms with Crippen LogP contribution in [-0.4, -0.2) is 46.8 Å². The lowest BCUT2D eigenvalue weighted by Gasteiger charge is -2.27. The van der Waals surface area contributed by atoms with Gasteiger partial charge in [-0.1, -0.05) is 13.8 Å². The molecule has 0 spiro atoms. The third-order valence-electron chi connectivity index (χ3n) is 3.31. The van der Waals surface area contributed by atoms with Crippen molar-refractivity contribution in [2.24, 2.45) is 7.05 Å². The average molecular weight is 264 g/mol. The maximum atomic E-state index is 12.4. The molecule has 0 atom stereocenters. The zero-order valence-corrected chi connectivity index (χ0v) is 11.6. The highest BCUT2D eigenvalue weighted by atomic mass is 16.2. The highest BCUT2D eigenvalue weighted by Crippen LogP contribution is 2.11. The van der Waals surface area contributed by atoms with Crippen LogP contribution in [0.25, 0.3) is 0 Å². The molecule has 6 heteroatoms. The van der Waals surface area contributed by atoms with Crippen LogP contribution in [0.4, 0.5) is 0 Å². The molecule has 1 fully saturated rings. The van der Waals surface area contributed by atoms with E-state index in [2.05, 4.69) is 10.4 Å². The van der Waals surface area contributed by atoms with E-state index in [1.54, 1.807) is 18.0 Å². The molecule has 1 aliphatic rings. The molecular weight excluding hydrogens is 244 g/mol. The Morgan fingerprint density at radius 1 is 1.37 bits per heavy atom. The van der Waals surface area contributed by atoms with E-state index in [9.17, 15) is 9.59 Å². The first kappa shape index (κ1) is 13.7. The second-order valence-electron chi connectivity index (χ2n) is 5.11. The van der Waals surface area contributed by atoms with Crippen molar-refractivity contribution in [3.05, 3.63) is 27.7 Å². The molecule has 0 unspecified atom stereocenters. The first-order valence-electron chi connectivity index (χ1n) is 6.59. The zero-order valence-electron chi connectivity index (χ0n) is 11.6. The van der Waals surface area contributed by atoms with Gasteiger partial charge in [0, 0.05) is 33.2 Å². The topological polar surface area (TPSA) is 67.2 Å². The average Bonchev–Trinajstić information content (AvgIpc) is 2.41. The van der Waals surface area contributed by atoms with Crippen LogP contribution >= 0.6 is 0 Å². The molecule has 19 heavy (non-hydrogen) atoms. The Balaban J connectivity index is 2.37. The highest BCUT2D eigenvalue weighted by Gasteiger charge is 2.22. The number of rotatable bonds is 2. The van der Waals surface area contributed by atoms with Gasteiger partial charge in [0.15, 0.2) is 0 Å². The molecule has 1 aliphatic heterocycles. The fourth-order valence-corrected chi connectivity index (χ4v) is 2.11. The first-order valence-corrected chi connectivity index (χ1v) is 6.59. The fourth-order valence-electron chi connectivity index (χ4n) is 2.11. The molecule has 2 rings (SSSR count). The summed E-state index contributed by atoms with van der Waals surface area (Å²) in [5, 5.41) is 7.37. The highest BCUT2D eigenvalue weighted by molar-refractivity contribution is 5.94. The van der Waals surface area contributed by atoms with Gasteiger partial charge >= 0.3 is 0 Å². The summed E-state index contributed by atoms with van der Waals surface area (Å²) in [6, 6.07) is 1.64. The van der Waals surface area contributed by atoms with Gasteiger partial charge in [-0.05, 0) is 12.0 Å². The Morgan fingerprint density at radius 2 is 2.00 bits per heavy atom. The summed E-state index contributed by atoms with van der Waals surface area (Å²) in [7, 11) is 1.59. The van der Waals surface area contributed by atoms with Crippen LogP contribution in [0.2, 0.25) is 0 Å². The minimum Gasteiger partial charge on any atom is -0.336 e. The monoisotopic (exact) mass is 264 g/mol. The summed E-state index contributed by atoms with van der Waals surface area (Å²) < 4.78 is 1.25. The van der Waals surface area contributed by atoms with Gasteiger partial charge in [-0.3, -0.25) is 9.59 Å². The number of hydrogen-bond donors (Lipinski definition) is 1. The molecule has 0 aromatic carbocycles. The smallest absolute Gasteiger partial charge is 0.279 e. The Kier molecular flexibility index (Phi) is 3.99. The molecule has 104 valence electrons. The van der Waals surface area contributed by atoms with E-state index >= 15 is 0 Å². The van der Waals surface area contributed by atoms with E-state index in [0.717, 1.165) is 18.8 Å². The molecule has 1 aromatic heterocycles. The molecule has 2 heterocycles. The third kappa shape index (κ3) is 2.84. The van der Waals surface area contributed by atoms with Gasteiger partial charge in [0.2, 0.25) is 0 Å². The number of nitrogens with one attached hydrogen (secondary N) is 1. The molecule has 1 amide bonds. The normalized spacial score (nSPS) is 15.9. The number of carbonyl (C=O) groups is 1. The van der Waals surface area contributed by atoms with Crippen molar-refractivity contribution >= 4 is 5.91 Å². The number of aryl methyl sites for hydroxylation is 1. The predicted octanol–water partition coefficient (Wildman–Crippen LogP) is -0.0509. The maximum Gasteiger partial charge on any atom is 0.279 e. The van der Waals surface area contributed by atoms with Gasteiger partial charge in [-0.15, -0.1) is 0 Å². The lowest BCUT2D eigenvalue weighted by molar-refractivity contribution is 0.0732. The number of piperazine rings is 1. The van der Waals surface area contributed by atoms with Crippen LogP contribution in [0.15, 0.2) is 10.9 Å². The van der Waals surface area contributed by atoms with Crippen molar-refractivity contribution in [1.82, 2.24) is 20.0 Å². The fraction of sp³-hybridized carbons (Fsp3) is 0.615. The maximum absolute atomic E-state index is 12.4. The van der Waals surface area contributed by atoms with Crippen molar-refractivity contribution in [3.63, 3.8) is 0 Å². The summed E-state index contributed by atoms with van der Waals surface area (Å²) in [6.07, 6.45) is 0.